The van der Waals surface area contributed by atoms with Crippen LogP contribution in [-0.2, 0) is 11.3 Å². The highest BCUT2D eigenvalue weighted by Crippen LogP contribution is 2.26. The molecule has 1 unspecified atom stereocenters. The van der Waals surface area contributed by atoms with Crippen molar-refractivity contribution >= 4 is 29.6 Å². The van der Waals surface area contributed by atoms with E-state index >= 15 is 0 Å². The Bertz CT molecular complexity index is 1300. The summed E-state index contributed by atoms with van der Waals surface area (Å²) >= 11 is 1.34. The van der Waals surface area contributed by atoms with Gasteiger partial charge in [0.2, 0.25) is 0 Å². The minimum Gasteiger partial charge on any atom is -0.378 e. The van der Waals surface area contributed by atoms with Gasteiger partial charge in [0, 0.05) is 11.4 Å². The van der Waals surface area contributed by atoms with Crippen LogP contribution in [0.4, 0.5) is 5.69 Å². The molecule has 1 amide bonds. The lowest BCUT2D eigenvalue weighted by Crippen LogP contribution is -2.27. The predicted octanol–water partition coefficient (Wildman–Crippen LogP) is 5.13. The summed E-state index contributed by atoms with van der Waals surface area (Å²) in [4.78, 5) is 12.7. The highest BCUT2D eigenvalue weighted by atomic mass is 32.2. The Morgan fingerprint density at radius 1 is 1.00 bits per heavy atom. The molecule has 0 saturated heterocycles. The summed E-state index contributed by atoms with van der Waals surface area (Å²) in [5, 5.41) is 16.6. The molecule has 0 aliphatic rings. The predicted molar refractivity (Wildman–Crippen MR) is 142 cm³/mol. The summed E-state index contributed by atoms with van der Waals surface area (Å²) in [6.07, 6.45) is 1.66. The fraction of sp³-hybridized carbons (Fsp3) is 0.185. The molecule has 0 aliphatic heterocycles. The molecule has 1 heterocycles. The van der Waals surface area contributed by atoms with Crippen molar-refractivity contribution in [2.24, 2.45) is 5.10 Å². The maximum Gasteiger partial charge on any atom is 0.253 e. The van der Waals surface area contributed by atoms with E-state index in [1.54, 1.807) is 6.21 Å². The smallest absolute Gasteiger partial charge is 0.253 e. The summed E-state index contributed by atoms with van der Waals surface area (Å²) in [5.74, 6) is 0.547. The van der Waals surface area contributed by atoms with Crippen molar-refractivity contribution in [1.82, 2.24) is 20.2 Å². The van der Waals surface area contributed by atoms with Gasteiger partial charge in [-0.15, -0.1) is 10.2 Å². The van der Waals surface area contributed by atoms with Crippen molar-refractivity contribution in [1.29, 1.82) is 0 Å². The van der Waals surface area contributed by atoms with E-state index in [0.29, 0.717) is 11.7 Å². The van der Waals surface area contributed by atoms with Gasteiger partial charge in [-0.25, -0.2) is 5.43 Å². The molecule has 0 saturated carbocycles. The van der Waals surface area contributed by atoms with E-state index in [-0.39, 0.29) is 5.91 Å². The van der Waals surface area contributed by atoms with Gasteiger partial charge in [-0.05, 0) is 56.2 Å². The molecular formula is C27H28N6OS. The Balaban J connectivity index is 1.47. The number of rotatable bonds is 9. The zero-order valence-corrected chi connectivity index (χ0v) is 20.8. The molecule has 1 aromatic heterocycles. The standard InChI is InChI=1S/C27H28N6OS/c1-19-13-15-23(16-14-19)28-18-25-30-32-27(33(25)24-11-5-4-6-12-24)35-21(3)26(34)31-29-17-22-10-8-7-9-20(22)2/h4-17,21,28H,18H2,1-3H3,(H,31,34)/b29-17-. The van der Waals surface area contributed by atoms with Crippen molar-refractivity contribution in [2.45, 2.75) is 37.7 Å². The normalized spacial score (nSPS) is 12.0. The monoisotopic (exact) mass is 484 g/mol. The largest absolute Gasteiger partial charge is 0.378 e. The Morgan fingerprint density at radius 2 is 1.71 bits per heavy atom. The van der Waals surface area contributed by atoms with Gasteiger partial charge in [-0.2, -0.15) is 5.10 Å². The number of carbonyl (C=O) groups excluding carboxylic acids is 1. The van der Waals surface area contributed by atoms with Crippen LogP contribution in [-0.4, -0.2) is 32.1 Å². The number of aryl methyl sites for hydroxylation is 2. The second-order valence-corrected chi connectivity index (χ2v) is 9.45. The number of nitrogens with zero attached hydrogens (tertiary/aromatic N) is 4. The molecule has 0 aliphatic carbocycles. The highest BCUT2D eigenvalue weighted by molar-refractivity contribution is 8.00. The molecule has 3 aromatic carbocycles. The maximum absolute atomic E-state index is 12.7. The fourth-order valence-corrected chi connectivity index (χ4v) is 4.26. The second kappa shape index (κ2) is 11.5. The molecule has 0 bridgehead atoms. The van der Waals surface area contributed by atoms with Crippen LogP contribution in [0.3, 0.4) is 0 Å². The lowest BCUT2D eigenvalue weighted by Gasteiger charge is -2.13. The molecule has 0 radical (unpaired) electrons. The average Bonchev–Trinajstić information content (AvgIpc) is 3.27. The van der Waals surface area contributed by atoms with E-state index < -0.39 is 5.25 Å². The van der Waals surface area contributed by atoms with Gasteiger partial charge in [0.05, 0.1) is 18.0 Å². The van der Waals surface area contributed by atoms with Crippen LogP contribution in [0.15, 0.2) is 89.1 Å². The maximum atomic E-state index is 12.7. The van der Waals surface area contributed by atoms with Crippen LogP contribution < -0.4 is 10.7 Å². The minimum absolute atomic E-state index is 0.207. The van der Waals surface area contributed by atoms with Crippen LogP contribution in [0.5, 0.6) is 0 Å². The molecule has 178 valence electrons. The fourth-order valence-electron chi connectivity index (χ4n) is 3.38. The SMILES string of the molecule is Cc1ccc(NCc2nnc(SC(C)C(=O)N/N=C\c3ccccc3C)n2-c2ccccc2)cc1. The third kappa shape index (κ3) is 6.36. The van der Waals surface area contributed by atoms with E-state index in [4.69, 9.17) is 0 Å². The van der Waals surface area contributed by atoms with Crippen molar-refractivity contribution in [3.05, 3.63) is 101 Å². The number of hydrazone groups is 1. The summed E-state index contributed by atoms with van der Waals surface area (Å²) in [5.41, 5.74) is 7.84. The number of hydrogen-bond donors (Lipinski definition) is 2. The van der Waals surface area contributed by atoms with Gasteiger partial charge in [0.25, 0.3) is 5.91 Å². The first-order valence-corrected chi connectivity index (χ1v) is 12.2. The number of carbonyl (C=O) groups is 1. The molecular weight excluding hydrogens is 456 g/mol. The quantitative estimate of drug-likeness (QED) is 0.196. The van der Waals surface area contributed by atoms with Gasteiger partial charge in [-0.1, -0.05) is 71.9 Å². The molecule has 8 heteroatoms. The molecule has 7 nitrogen and oxygen atoms in total. The van der Waals surface area contributed by atoms with Gasteiger partial charge in [0.1, 0.15) is 0 Å². The van der Waals surface area contributed by atoms with E-state index in [1.807, 2.05) is 85.1 Å². The second-order valence-electron chi connectivity index (χ2n) is 8.14. The van der Waals surface area contributed by atoms with E-state index in [2.05, 4.69) is 45.1 Å². The van der Waals surface area contributed by atoms with Crippen LogP contribution in [0.1, 0.15) is 29.4 Å². The topological polar surface area (TPSA) is 84.2 Å². The van der Waals surface area contributed by atoms with E-state index in [0.717, 1.165) is 28.3 Å². The van der Waals surface area contributed by atoms with Gasteiger partial charge < -0.3 is 5.32 Å². The van der Waals surface area contributed by atoms with Crippen molar-refractivity contribution in [3.8, 4) is 5.69 Å². The number of nitrogens with one attached hydrogen (secondary N) is 2. The summed E-state index contributed by atoms with van der Waals surface area (Å²) < 4.78 is 1.98. The van der Waals surface area contributed by atoms with Crippen LogP contribution in [0.25, 0.3) is 5.69 Å². The summed E-state index contributed by atoms with van der Waals surface area (Å²) in [6, 6.07) is 26.0. The number of aromatic nitrogens is 3. The van der Waals surface area contributed by atoms with Crippen molar-refractivity contribution in [3.63, 3.8) is 0 Å². The minimum atomic E-state index is -0.423. The Hall–Kier alpha value is -3.91. The van der Waals surface area contributed by atoms with Crippen molar-refractivity contribution in [2.75, 3.05) is 5.32 Å². The van der Waals surface area contributed by atoms with Gasteiger partial charge in [0.15, 0.2) is 11.0 Å². The van der Waals surface area contributed by atoms with Crippen LogP contribution in [0.2, 0.25) is 0 Å². The summed E-state index contributed by atoms with van der Waals surface area (Å²) in [6.45, 7) is 6.39. The number of hydrogen-bond acceptors (Lipinski definition) is 6. The van der Waals surface area contributed by atoms with Crippen molar-refractivity contribution < 1.29 is 4.79 Å². The number of para-hydroxylation sites is 1. The molecule has 1 atom stereocenters. The first-order valence-electron chi connectivity index (χ1n) is 11.4. The Morgan fingerprint density at radius 3 is 2.46 bits per heavy atom. The van der Waals surface area contributed by atoms with E-state index in [9.17, 15) is 4.79 Å². The number of amides is 1. The van der Waals surface area contributed by atoms with Crippen LogP contribution in [0, 0.1) is 13.8 Å². The summed E-state index contributed by atoms with van der Waals surface area (Å²) in [7, 11) is 0. The molecule has 0 spiro atoms. The van der Waals surface area contributed by atoms with Gasteiger partial charge in [-0.3, -0.25) is 9.36 Å². The number of benzene rings is 3. The highest BCUT2D eigenvalue weighted by Gasteiger charge is 2.21. The van der Waals surface area contributed by atoms with Gasteiger partial charge >= 0.3 is 0 Å². The van der Waals surface area contributed by atoms with Crippen LogP contribution >= 0.6 is 11.8 Å². The Kier molecular flexibility index (Phi) is 7.95. The lowest BCUT2D eigenvalue weighted by atomic mass is 10.1. The number of anilines is 1. The number of thioether (sulfide) groups is 1. The third-order valence-corrected chi connectivity index (χ3v) is 6.48. The molecule has 4 rings (SSSR count). The zero-order valence-electron chi connectivity index (χ0n) is 20.0. The molecule has 35 heavy (non-hydrogen) atoms. The Labute approximate surface area is 209 Å². The molecule has 4 aromatic rings. The average molecular weight is 485 g/mol. The molecule has 0 fully saturated rings. The zero-order chi connectivity index (χ0) is 24.6. The lowest BCUT2D eigenvalue weighted by molar-refractivity contribution is -0.120. The first-order chi connectivity index (χ1) is 17.0. The first kappa shape index (κ1) is 24.2. The molecule has 2 N–H and O–H groups in total. The third-order valence-electron chi connectivity index (χ3n) is 5.44. The van der Waals surface area contributed by atoms with E-state index in [1.165, 1.54) is 17.3 Å².